The summed E-state index contributed by atoms with van der Waals surface area (Å²) in [4.78, 5) is 23.0. The van der Waals surface area contributed by atoms with Crippen LogP contribution in [0, 0.1) is 5.82 Å². The summed E-state index contributed by atoms with van der Waals surface area (Å²) < 4.78 is 50.0. The van der Waals surface area contributed by atoms with Crippen LogP contribution in [-0.2, 0) is 5.41 Å². The number of fused-ring (bicyclic) bond motifs is 4. The standard InChI is InChI=1S/C24H20F3N5O2/c1-23(10-24(23,26)27)12-3-4-13-19(9-34-20(13)5-12)31(2)22(33)14-6-17-16(7-15(14)25)30-21(28)18-8-29-11-32(17)18/h3-8,11,19H,9-10H2,1-2H3,(H2,28,30). The predicted octanol–water partition coefficient (Wildman–Crippen LogP) is 4.11. The van der Waals surface area contributed by atoms with Crippen molar-refractivity contribution in [2.45, 2.75) is 30.7 Å². The van der Waals surface area contributed by atoms with Gasteiger partial charge in [0.15, 0.2) is 0 Å². The Morgan fingerprint density at radius 1 is 1.26 bits per heavy atom. The molecule has 2 aliphatic rings. The zero-order chi connectivity index (χ0) is 24.0. The number of likely N-dealkylation sites (N-methyl/N-ethyl adjacent to an activating group) is 1. The van der Waals surface area contributed by atoms with Crippen LogP contribution < -0.4 is 10.5 Å². The molecule has 0 radical (unpaired) electrons. The second-order valence-electron chi connectivity index (χ2n) is 9.18. The lowest BCUT2D eigenvalue weighted by Gasteiger charge is -2.24. The Morgan fingerprint density at radius 3 is 2.76 bits per heavy atom. The van der Waals surface area contributed by atoms with Gasteiger partial charge in [0.25, 0.3) is 11.8 Å². The number of carbonyl (C=O) groups excluding carboxylic acids is 1. The number of ether oxygens (including phenoxy) is 1. The first-order valence-corrected chi connectivity index (χ1v) is 10.7. The molecule has 1 saturated carbocycles. The zero-order valence-corrected chi connectivity index (χ0v) is 18.3. The third-order valence-corrected chi connectivity index (χ3v) is 7.15. The highest BCUT2D eigenvalue weighted by Gasteiger charge is 2.68. The van der Waals surface area contributed by atoms with Gasteiger partial charge < -0.3 is 15.4 Å². The van der Waals surface area contributed by atoms with Gasteiger partial charge in [0.2, 0.25) is 0 Å². The molecule has 3 heterocycles. The Hall–Kier alpha value is -3.82. The maximum absolute atomic E-state index is 15.0. The molecule has 2 aromatic heterocycles. The molecule has 2 N–H and O–H groups in total. The Bertz CT molecular complexity index is 1520. The number of benzene rings is 2. The van der Waals surface area contributed by atoms with Crippen LogP contribution in [0.1, 0.15) is 40.9 Å². The first kappa shape index (κ1) is 20.8. The van der Waals surface area contributed by atoms with E-state index >= 15 is 0 Å². The number of nitrogens with two attached hydrogens (primary N) is 1. The molecule has 2 aromatic carbocycles. The van der Waals surface area contributed by atoms with Crippen molar-refractivity contribution in [2.75, 3.05) is 19.4 Å². The van der Waals surface area contributed by atoms with E-state index in [-0.39, 0.29) is 24.4 Å². The van der Waals surface area contributed by atoms with Crippen LogP contribution in [0.3, 0.4) is 0 Å². The Morgan fingerprint density at radius 2 is 2.03 bits per heavy atom. The molecule has 2 atom stereocenters. The van der Waals surface area contributed by atoms with Crippen LogP contribution in [0.25, 0.3) is 16.6 Å². The summed E-state index contributed by atoms with van der Waals surface area (Å²) in [6.07, 6.45) is 2.86. The molecule has 0 saturated heterocycles. The minimum absolute atomic E-state index is 0.133. The normalized spacial score (nSPS) is 22.6. The second kappa shape index (κ2) is 6.62. The minimum Gasteiger partial charge on any atom is -0.491 e. The van der Waals surface area contributed by atoms with Crippen molar-refractivity contribution < 1.29 is 22.7 Å². The lowest BCUT2D eigenvalue weighted by atomic mass is 9.94. The smallest absolute Gasteiger partial charge is 0.258 e. The van der Waals surface area contributed by atoms with E-state index in [0.29, 0.717) is 33.4 Å². The number of nitrogens with zero attached hydrogens (tertiary/aromatic N) is 4. The Kier molecular flexibility index (Phi) is 4.04. The number of amides is 1. The maximum atomic E-state index is 15.0. The van der Waals surface area contributed by atoms with Crippen LogP contribution in [0.15, 0.2) is 42.9 Å². The van der Waals surface area contributed by atoms with Gasteiger partial charge in [-0.1, -0.05) is 12.1 Å². The van der Waals surface area contributed by atoms with Crippen molar-refractivity contribution in [2.24, 2.45) is 0 Å². The molecule has 2 unspecified atom stereocenters. The van der Waals surface area contributed by atoms with Gasteiger partial charge >= 0.3 is 0 Å². The molecule has 6 rings (SSSR count). The second-order valence-corrected chi connectivity index (χ2v) is 9.18. The molecule has 174 valence electrons. The number of hydrogen-bond acceptors (Lipinski definition) is 5. The molecule has 0 bridgehead atoms. The van der Waals surface area contributed by atoms with Crippen LogP contribution in [0.4, 0.5) is 19.0 Å². The molecule has 4 aromatic rings. The summed E-state index contributed by atoms with van der Waals surface area (Å²) >= 11 is 0. The van der Waals surface area contributed by atoms with Gasteiger partial charge in [-0.25, -0.2) is 23.1 Å². The molecular weight excluding hydrogens is 447 g/mol. The van der Waals surface area contributed by atoms with Gasteiger partial charge in [-0.2, -0.15) is 0 Å². The number of rotatable bonds is 3. The van der Waals surface area contributed by atoms with Gasteiger partial charge in [-0.3, -0.25) is 9.20 Å². The third kappa shape index (κ3) is 2.74. The quantitative estimate of drug-likeness (QED) is 0.490. The molecule has 7 nitrogen and oxygen atoms in total. The highest BCUT2D eigenvalue weighted by Crippen LogP contribution is 2.61. The largest absolute Gasteiger partial charge is 0.491 e. The van der Waals surface area contributed by atoms with E-state index < -0.39 is 29.1 Å². The highest BCUT2D eigenvalue weighted by atomic mass is 19.3. The molecule has 1 amide bonds. The van der Waals surface area contributed by atoms with Crippen molar-refractivity contribution >= 4 is 28.3 Å². The van der Waals surface area contributed by atoms with Gasteiger partial charge in [0.05, 0.1) is 40.6 Å². The molecule has 0 spiro atoms. The fourth-order valence-corrected chi connectivity index (χ4v) is 4.76. The summed E-state index contributed by atoms with van der Waals surface area (Å²) in [5.41, 5.74) is 7.13. The van der Waals surface area contributed by atoms with Crippen LogP contribution in [0.2, 0.25) is 0 Å². The molecule has 1 fully saturated rings. The maximum Gasteiger partial charge on any atom is 0.258 e. The molecule has 34 heavy (non-hydrogen) atoms. The number of anilines is 1. The molecule has 10 heteroatoms. The van der Waals surface area contributed by atoms with Gasteiger partial charge in [-0.15, -0.1) is 0 Å². The van der Waals surface area contributed by atoms with E-state index in [1.54, 1.807) is 29.6 Å². The number of carbonyl (C=O) groups is 1. The van der Waals surface area contributed by atoms with Crippen LogP contribution in [-0.4, -0.2) is 44.8 Å². The topological polar surface area (TPSA) is 85.8 Å². The summed E-state index contributed by atoms with van der Waals surface area (Å²) in [5.74, 6) is -3.34. The summed E-state index contributed by atoms with van der Waals surface area (Å²) in [7, 11) is 1.56. The fraction of sp³-hybridized carbons (Fsp3) is 0.292. The average molecular weight is 467 g/mol. The number of hydrogen-bond donors (Lipinski definition) is 1. The summed E-state index contributed by atoms with van der Waals surface area (Å²) in [5, 5.41) is 0. The van der Waals surface area contributed by atoms with Crippen molar-refractivity contribution in [1.82, 2.24) is 19.3 Å². The number of aromatic nitrogens is 3. The monoisotopic (exact) mass is 467 g/mol. The van der Waals surface area contributed by atoms with Gasteiger partial charge in [0, 0.05) is 25.1 Å². The number of alkyl halides is 2. The van der Waals surface area contributed by atoms with Crippen molar-refractivity contribution in [3.8, 4) is 5.75 Å². The highest BCUT2D eigenvalue weighted by molar-refractivity contribution is 5.98. The first-order chi connectivity index (χ1) is 16.1. The lowest BCUT2D eigenvalue weighted by molar-refractivity contribution is 0.0703. The lowest BCUT2D eigenvalue weighted by Crippen LogP contribution is -2.32. The first-order valence-electron chi connectivity index (χ1n) is 10.7. The van der Waals surface area contributed by atoms with Crippen LogP contribution in [0.5, 0.6) is 5.75 Å². The van der Waals surface area contributed by atoms with Crippen LogP contribution >= 0.6 is 0 Å². The van der Waals surface area contributed by atoms with Crippen molar-refractivity contribution in [1.29, 1.82) is 0 Å². The summed E-state index contributed by atoms with van der Waals surface area (Å²) in [6.45, 7) is 1.67. The minimum atomic E-state index is -2.74. The summed E-state index contributed by atoms with van der Waals surface area (Å²) in [6, 6.07) is 7.11. The van der Waals surface area contributed by atoms with E-state index in [1.165, 1.54) is 36.5 Å². The van der Waals surface area contributed by atoms with Gasteiger partial charge in [-0.05, 0) is 24.6 Å². The van der Waals surface area contributed by atoms with E-state index in [9.17, 15) is 18.0 Å². The molecular formula is C24H20F3N5O2. The Labute approximate surface area is 192 Å². The number of nitrogen functional groups attached to an aromatic ring is 1. The SMILES string of the molecule is CN(C(=O)c1cc2c(cc1F)nc(N)c1cncn12)C1COc2cc(C3(C)CC3(F)F)ccc21. The van der Waals surface area contributed by atoms with E-state index in [0.717, 1.165) is 0 Å². The number of imidazole rings is 1. The van der Waals surface area contributed by atoms with Crippen molar-refractivity contribution in [3.05, 3.63) is 65.4 Å². The molecule has 1 aliphatic carbocycles. The van der Waals surface area contributed by atoms with E-state index in [2.05, 4.69) is 9.97 Å². The van der Waals surface area contributed by atoms with Crippen molar-refractivity contribution in [3.63, 3.8) is 0 Å². The zero-order valence-electron chi connectivity index (χ0n) is 18.3. The number of halogens is 3. The predicted molar refractivity (Wildman–Crippen MR) is 119 cm³/mol. The van der Waals surface area contributed by atoms with E-state index in [4.69, 9.17) is 10.5 Å². The Balaban J connectivity index is 1.35. The third-order valence-electron chi connectivity index (χ3n) is 7.15. The van der Waals surface area contributed by atoms with Gasteiger partial charge in [0.1, 0.15) is 29.5 Å². The fourth-order valence-electron chi connectivity index (χ4n) is 4.76. The van der Waals surface area contributed by atoms with E-state index in [1.807, 2.05) is 0 Å². The average Bonchev–Trinajstić information content (AvgIpc) is 3.21. The molecule has 1 aliphatic heterocycles.